The van der Waals surface area contributed by atoms with Gasteiger partial charge < -0.3 is 0 Å². The Bertz CT molecular complexity index is 367. The molecule has 0 spiro atoms. The summed E-state index contributed by atoms with van der Waals surface area (Å²) in [6.45, 7) is 0. The van der Waals surface area contributed by atoms with Crippen LogP contribution in [0.3, 0.4) is 0 Å². The van der Waals surface area contributed by atoms with E-state index in [1.54, 1.807) is 24.3 Å². The van der Waals surface area contributed by atoms with Crippen LogP contribution >= 0.6 is 63.1 Å². The highest BCUT2D eigenvalue weighted by molar-refractivity contribution is 8.13. The van der Waals surface area contributed by atoms with Crippen LogP contribution in [0.2, 0.25) is 5.02 Å². The zero-order valence-electron chi connectivity index (χ0n) is 6.96. The molecule has 0 aliphatic rings. The maximum absolute atomic E-state index is 11.0. The maximum atomic E-state index is 11.0. The highest BCUT2D eigenvalue weighted by atomic mass is 35.9. The van der Waals surface area contributed by atoms with Crippen LogP contribution in [0, 0.1) is 0 Å². The van der Waals surface area contributed by atoms with Gasteiger partial charge in [-0.25, -0.2) is 0 Å². The molecule has 0 saturated heterocycles. The molecule has 0 aliphatic carbocycles. The van der Waals surface area contributed by atoms with Gasteiger partial charge in [-0.15, -0.1) is 0 Å². The van der Waals surface area contributed by atoms with E-state index in [2.05, 4.69) is 23.2 Å². The van der Waals surface area contributed by atoms with Crippen molar-refractivity contribution < 1.29 is 9.36 Å². The molecule has 0 amide bonds. The highest BCUT2D eigenvalue weighted by Gasteiger charge is 2.16. The third-order valence-corrected chi connectivity index (χ3v) is 3.45. The third kappa shape index (κ3) is 8.38. The van der Waals surface area contributed by atoms with Gasteiger partial charge in [0.2, 0.25) is 0 Å². The summed E-state index contributed by atoms with van der Waals surface area (Å²) in [7, 11) is 0. The van der Waals surface area contributed by atoms with Gasteiger partial charge in [0.25, 0.3) is 5.85 Å². The quantitative estimate of drug-likeness (QED) is 0.523. The molecule has 0 unspecified atom stereocenters. The van der Waals surface area contributed by atoms with Crippen LogP contribution in [-0.4, -0.2) is 4.70 Å². The first-order valence-electron chi connectivity index (χ1n) is 3.34. The molecule has 0 bridgehead atoms. The Morgan fingerprint density at radius 3 is 1.67 bits per heavy atom. The molecule has 0 fully saturated rings. The molecule has 0 aliphatic heterocycles. The summed E-state index contributed by atoms with van der Waals surface area (Å²) in [4.78, 5) is 8.98. The van der Waals surface area contributed by atoms with Crippen molar-refractivity contribution in [1.29, 1.82) is 0 Å². The second kappa shape index (κ2) is 7.01. The number of benzene rings is 1. The summed E-state index contributed by atoms with van der Waals surface area (Å²) in [5.74, 6) is -3.15. The highest BCUT2D eigenvalue weighted by Crippen LogP contribution is 2.55. The first kappa shape index (κ1) is 15.6. The van der Waals surface area contributed by atoms with E-state index in [4.69, 9.17) is 38.9 Å². The van der Waals surface area contributed by atoms with Gasteiger partial charge >= 0.3 is 4.70 Å². The maximum Gasteiger partial charge on any atom is 0.313 e. The van der Waals surface area contributed by atoms with Crippen molar-refractivity contribution in [2.75, 3.05) is 0 Å². The standard InChI is InChI=1S/C6H4Cl3OP.CCl2O/c7-5-1-3-6(4-2-5)11(8,9)10;2-1(3)4/h1-4H;. The Morgan fingerprint density at radius 2 is 1.40 bits per heavy atom. The number of halogens is 5. The Labute approximate surface area is 111 Å². The minimum absolute atomic E-state index is 0.408. The van der Waals surface area contributed by atoms with Gasteiger partial charge in [-0.2, -0.15) is 0 Å². The average molecular weight is 328 g/mol. The Balaban J connectivity index is 0.000000423. The van der Waals surface area contributed by atoms with Crippen LogP contribution in [0.25, 0.3) is 0 Å². The number of carbonyl (C=O) groups excluding carboxylic acids is 1. The lowest BCUT2D eigenvalue weighted by atomic mass is 10.4. The summed E-state index contributed by atoms with van der Waals surface area (Å²) in [6.07, 6.45) is 0. The van der Waals surface area contributed by atoms with Crippen molar-refractivity contribution in [1.82, 2.24) is 0 Å². The van der Waals surface area contributed by atoms with Crippen LogP contribution in [0.4, 0.5) is 4.79 Å². The molecule has 8 heteroatoms. The summed E-state index contributed by atoms with van der Waals surface area (Å²) in [5, 5.41) is 0.973. The molecule has 1 aromatic rings. The zero-order chi connectivity index (χ0) is 12.1. The minimum Gasteiger partial charge on any atom is -0.284 e. The molecule has 0 saturated carbocycles. The first-order chi connectivity index (χ1) is 6.73. The summed E-state index contributed by atoms with van der Waals surface area (Å²) >= 11 is 25.2. The van der Waals surface area contributed by atoms with Gasteiger partial charge in [0.05, 0.1) is 0 Å². The van der Waals surface area contributed by atoms with Crippen molar-refractivity contribution in [2.24, 2.45) is 0 Å². The van der Waals surface area contributed by atoms with E-state index >= 15 is 0 Å². The zero-order valence-corrected chi connectivity index (χ0v) is 11.6. The minimum atomic E-state index is -3.15. The number of hydrogen-bond acceptors (Lipinski definition) is 2. The number of hydrogen-bond donors (Lipinski definition) is 0. The second-order valence-corrected chi connectivity index (χ2v) is 8.30. The lowest BCUT2D eigenvalue weighted by Crippen LogP contribution is -1.94. The molecule has 15 heavy (non-hydrogen) atoms. The van der Waals surface area contributed by atoms with Gasteiger partial charge in [0.15, 0.2) is 0 Å². The van der Waals surface area contributed by atoms with Crippen LogP contribution < -0.4 is 5.30 Å². The summed E-state index contributed by atoms with van der Waals surface area (Å²) in [5.41, 5.74) is 0. The van der Waals surface area contributed by atoms with Crippen molar-refractivity contribution in [3.8, 4) is 0 Å². The fraction of sp³-hybridized carbons (Fsp3) is 0. The van der Waals surface area contributed by atoms with E-state index in [0.29, 0.717) is 10.3 Å². The van der Waals surface area contributed by atoms with Gasteiger partial charge in [0.1, 0.15) is 0 Å². The van der Waals surface area contributed by atoms with Gasteiger partial charge in [-0.3, -0.25) is 9.36 Å². The second-order valence-electron chi connectivity index (χ2n) is 2.16. The summed E-state index contributed by atoms with van der Waals surface area (Å²) < 4.78 is 10.1. The number of carbonyl (C=O) groups is 1. The number of rotatable bonds is 1. The normalized spacial score (nSPS) is 10.2. The lowest BCUT2D eigenvalue weighted by molar-refractivity contribution is 0.275. The topological polar surface area (TPSA) is 34.1 Å². The van der Waals surface area contributed by atoms with Crippen molar-refractivity contribution in [2.45, 2.75) is 0 Å². The molecular weight excluding hydrogens is 324 g/mol. The van der Waals surface area contributed by atoms with Crippen molar-refractivity contribution >= 4 is 73.1 Å². The average Bonchev–Trinajstić information content (AvgIpc) is 2.01. The van der Waals surface area contributed by atoms with Crippen LogP contribution in [-0.2, 0) is 4.57 Å². The van der Waals surface area contributed by atoms with E-state index < -0.39 is 10.5 Å². The predicted octanol–water partition coefficient (Wildman–Crippen LogP) is 5.22. The van der Waals surface area contributed by atoms with E-state index in [0.717, 1.165) is 0 Å². The smallest absolute Gasteiger partial charge is 0.284 e. The van der Waals surface area contributed by atoms with E-state index in [-0.39, 0.29) is 0 Å². The molecule has 0 atom stereocenters. The Kier molecular flexibility index (Phi) is 7.27. The molecule has 1 rings (SSSR count). The molecule has 0 aromatic heterocycles. The molecule has 0 N–H and O–H groups in total. The van der Waals surface area contributed by atoms with E-state index in [1.807, 2.05) is 0 Å². The Morgan fingerprint density at radius 1 is 1.07 bits per heavy atom. The van der Waals surface area contributed by atoms with Gasteiger partial charge in [-0.05, 0) is 69.9 Å². The fourth-order valence-corrected chi connectivity index (χ4v) is 1.91. The van der Waals surface area contributed by atoms with E-state index in [1.165, 1.54) is 0 Å². The van der Waals surface area contributed by atoms with Crippen LogP contribution in [0.5, 0.6) is 0 Å². The molecule has 0 heterocycles. The molecule has 0 radical (unpaired) electrons. The summed E-state index contributed by atoms with van der Waals surface area (Å²) in [6, 6.07) is 6.27. The van der Waals surface area contributed by atoms with Crippen LogP contribution in [0.15, 0.2) is 24.3 Å². The lowest BCUT2D eigenvalue weighted by Gasteiger charge is -2.00. The van der Waals surface area contributed by atoms with Crippen LogP contribution in [0.1, 0.15) is 0 Å². The van der Waals surface area contributed by atoms with Crippen molar-refractivity contribution in [3.05, 3.63) is 29.3 Å². The van der Waals surface area contributed by atoms with Gasteiger partial charge in [0, 0.05) is 10.3 Å². The predicted molar refractivity (Wildman–Crippen MR) is 67.5 cm³/mol. The SMILES string of the molecule is O=C(Cl)Cl.O=P(Cl)(Cl)c1ccc(Cl)cc1. The molecule has 1 aromatic carbocycles. The van der Waals surface area contributed by atoms with E-state index in [9.17, 15) is 4.57 Å². The molecular formula is C7H4Cl5O2P. The fourth-order valence-electron chi connectivity index (χ4n) is 0.615. The third-order valence-electron chi connectivity index (χ3n) is 1.13. The molecule has 84 valence electrons. The molecule has 2 nitrogen and oxygen atoms in total. The first-order valence-corrected chi connectivity index (χ1v) is 7.99. The largest absolute Gasteiger partial charge is 0.313 e. The van der Waals surface area contributed by atoms with Gasteiger partial charge in [-0.1, -0.05) is 11.6 Å². The monoisotopic (exact) mass is 326 g/mol. The van der Waals surface area contributed by atoms with Crippen molar-refractivity contribution in [3.63, 3.8) is 0 Å². The Hall–Kier alpha value is 0.570.